The average molecular weight is 339 g/mol. The van der Waals surface area contributed by atoms with Gasteiger partial charge in [0.05, 0.1) is 14.2 Å². The summed E-state index contributed by atoms with van der Waals surface area (Å²) < 4.78 is 10.9. The summed E-state index contributed by atoms with van der Waals surface area (Å²) >= 11 is 0. The van der Waals surface area contributed by atoms with Crippen LogP contribution in [-0.4, -0.2) is 20.0 Å². The summed E-state index contributed by atoms with van der Waals surface area (Å²) in [5.41, 5.74) is 8.67. The Morgan fingerprint density at radius 3 is 2.12 bits per heavy atom. The molecule has 2 aromatic carbocycles. The van der Waals surface area contributed by atoms with Crippen molar-refractivity contribution in [1.29, 1.82) is 0 Å². The lowest BCUT2D eigenvalue weighted by Gasteiger charge is -2.23. The van der Waals surface area contributed by atoms with E-state index in [0.29, 0.717) is 17.0 Å². The molecule has 0 amide bonds. The van der Waals surface area contributed by atoms with Gasteiger partial charge in [-0.1, -0.05) is 20.8 Å². The van der Waals surface area contributed by atoms with E-state index in [2.05, 4.69) is 20.8 Å². The summed E-state index contributed by atoms with van der Waals surface area (Å²) in [6.45, 7) is 6.35. The van der Waals surface area contributed by atoms with Crippen molar-refractivity contribution in [1.82, 2.24) is 0 Å². The molecule has 0 aliphatic rings. The van der Waals surface area contributed by atoms with Gasteiger partial charge in [-0.2, -0.15) is 0 Å². The van der Waals surface area contributed by atoms with E-state index in [4.69, 9.17) is 15.2 Å². The van der Waals surface area contributed by atoms with Crippen molar-refractivity contribution in [2.45, 2.75) is 26.2 Å². The van der Waals surface area contributed by atoms with Crippen molar-refractivity contribution >= 4 is 17.5 Å². The van der Waals surface area contributed by atoms with Crippen molar-refractivity contribution in [2.75, 3.05) is 20.0 Å². The summed E-state index contributed by atoms with van der Waals surface area (Å²) in [4.78, 5) is 12.3. The number of ether oxygens (including phenoxy) is 2. The quantitative estimate of drug-likeness (QED) is 0.496. The first-order chi connectivity index (χ1) is 11.8. The highest BCUT2D eigenvalue weighted by molar-refractivity contribution is 6.07. The number of benzene rings is 2. The molecule has 0 saturated carbocycles. The molecule has 4 heteroatoms. The summed E-state index contributed by atoms with van der Waals surface area (Å²) in [6, 6.07) is 10.7. The Kier molecular flexibility index (Phi) is 5.52. The van der Waals surface area contributed by atoms with Crippen LogP contribution in [0.25, 0.3) is 6.08 Å². The fraction of sp³-hybridized carbons (Fsp3) is 0.286. The maximum absolute atomic E-state index is 12.3. The SMILES string of the molecule is COc1cc(OC)c(C(C)(C)C)cc1/C=C/C(=O)c1ccc(N)cc1. The molecule has 2 aromatic rings. The highest BCUT2D eigenvalue weighted by atomic mass is 16.5. The molecule has 0 spiro atoms. The van der Waals surface area contributed by atoms with Gasteiger partial charge in [0.15, 0.2) is 5.78 Å². The van der Waals surface area contributed by atoms with Crippen LogP contribution in [0.4, 0.5) is 5.69 Å². The minimum absolute atomic E-state index is 0.0878. The maximum Gasteiger partial charge on any atom is 0.185 e. The number of methoxy groups -OCH3 is 2. The monoisotopic (exact) mass is 339 g/mol. The molecule has 0 unspecified atom stereocenters. The van der Waals surface area contributed by atoms with E-state index in [1.165, 1.54) is 0 Å². The predicted octanol–water partition coefficient (Wildman–Crippen LogP) is 4.48. The zero-order valence-electron chi connectivity index (χ0n) is 15.4. The van der Waals surface area contributed by atoms with Crippen LogP contribution in [0, 0.1) is 0 Å². The lowest BCUT2D eigenvalue weighted by atomic mass is 9.85. The number of rotatable bonds is 5. The van der Waals surface area contributed by atoms with Crippen molar-refractivity contribution in [3.8, 4) is 11.5 Å². The normalized spacial score (nSPS) is 11.6. The van der Waals surface area contributed by atoms with Gasteiger partial charge in [0, 0.05) is 28.4 Å². The fourth-order valence-corrected chi connectivity index (χ4v) is 2.55. The summed E-state index contributed by atoms with van der Waals surface area (Å²) in [5.74, 6) is 1.34. The van der Waals surface area contributed by atoms with Crippen molar-refractivity contribution < 1.29 is 14.3 Å². The zero-order valence-corrected chi connectivity index (χ0v) is 15.4. The molecule has 132 valence electrons. The first kappa shape index (κ1) is 18.6. The molecule has 4 nitrogen and oxygen atoms in total. The Morgan fingerprint density at radius 1 is 1.00 bits per heavy atom. The van der Waals surface area contributed by atoms with Crippen LogP contribution in [0.5, 0.6) is 11.5 Å². The van der Waals surface area contributed by atoms with E-state index >= 15 is 0 Å². The second-order valence-electron chi connectivity index (χ2n) is 6.86. The average Bonchev–Trinajstić information content (AvgIpc) is 2.58. The molecule has 0 aliphatic carbocycles. The lowest BCUT2D eigenvalue weighted by Crippen LogP contribution is -2.13. The smallest absolute Gasteiger partial charge is 0.185 e. The van der Waals surface area contributed by atoms with Gasteiger partial charge in [-0.05, 0) is 47.9 Å². The fourth-order valence-electron chi connectivity index (χ4n) is 2.55. The molecule has 0 fully saturated rings. The minimum atomic E-state index is -0.0961. The number of allylic oxidation sites excluding steroid dienone is 1. The van der Waals surface area contributed by atoms with Crippen LogP contribution >= 0.6 is 0 Å². The number of hydrogen-bond acceptors (Lipinski definition) is 4. The van der Waals surface area contributed by atoms with Crippen LogP contribution in [0.2, 0.25) is 0 Å². The van der Waals surface area contributed by atoms with E-state index < -0.39 is 0 Å². The van der Waals surface area contributed by atoms with Gasteiger partial charge in [-0.25, -0.2) is 0 Å². The zero-order chi connectivity index (χ0) is 18.6. The Hall–Kier alpha value is -2.75. The standard InChI is InChI=1S/C21H25NO3/c1-21(2,3)17-12-15(19(24-4)13-20(17)25-5)8-11-18(23)14-6-9-16(22)10-7-14/h6-13H,22H2,1-5H3/b11-8+. The number of carbonyl (C=O) groups is 1. The molecular weight excluding hydrogens is 314 g/mol. The number of nitrogen functional groups attached to an aromatic ring is 1. The molecule has 0 saturated heterocycles. The second-order valence-corrected chi connectivity index (χ2v) is 6.86. The predicted molar refractivity (Wildman–Crippen MR) is 102 cm³/mol. The van der Waals surface area contributed by atoms with Gasteiger partial charge < -0.3 is 15.2 Å². The van der Waals surface area contributed by atoms with Gasteiger partial charge in [0.25, 0.3) is 0 Å². The van der Waals surface area contributed by atoms with Crippen molar-refractivity contribution in [2.24, 2.45) is 0 Å². The Bertz CT molecular complexity index is 784. The number of carbonyl (C=O) groups excluding carboxylic acids is 1. The third kappa shape index (κ3) is 4.41. The third-order valence-corrected chi connectivity index (χ3v) is 3.97. The van der Waals surface area contributed by atoms with Gasteiger partial charge in [0.2, 0.25) is 0 Å². The first-order valence-corrected chi connectivity index (χ1v) is 8.10. The van der Waals surface area contributed by atoms with Crippen LogP contribution in [0.1, 0.15) is 42.3 Å². The summed E-state index contributed by atoms with van der Waals surface area (Å²) in [6.07, 6.45) is 3.31. The van der Waals surface area contributed by atoms with Crippen molar-refractivity contribution in [3.05, 3.63) is 59.2 Å². The summed E-state index contributed by atoms with van der Waals surface area (Å²) in [5, 5.41) is 0. The van der Waals surface area contributed by atoms with E-state index in [1.54, 1.807) is 50.6 Å². The lowest BCUT2D eigenvalue weighted by molar-refractivity contribution is 0.104. The number of anilines is 1. The molecule has 0 aromatic heterocycles. The summed E-state index contributed by atoms with van der Waals surface area (Å²) in [7, 11) is 3.24. The highest BCUT2D eigenvalue weighted by Gasteiger charge is 2.21. The molecule has 0 atom stereocenters. The maximum atomic E-state index is 12.3. The molecule has 0 aliphatic heterocycles. The van der Waals surface area contributed by atoms with Gasteiger partial charge in [-0.15, -0.1) is 0 Å². The van der Waals surface area contributed by atoms with Gasteiger partial charge >= 0.3 is 0 Å². The second kappa shape index (κ2) is 7.43. The van der Waals surface area contributed by atoms with Crippen LogP contribution in [-0.2, 0) is 5.41 Å². The number of nitrogens with two attached hydrogens (primary N) is 1. The largest absolute Gasteiger partial charge is 0.496 e. The number of ketones is 1. The van der Waals surface area contributed by atoms with Crippen LogP contribution in [0.15, 0.2) is 42.5 Å². The first-order valence-electron chi connectivity index (χ1n) is 8.10. The van der Waals surface area contributed by atoms with E-state index in [0.717, 1.165) is 16.9 Å². The molecule has 25 heavy (non-hydrogen) atoms. The molecule has 0 bridgehead atoms. The van der Waals surface area contributed by atoms with Crippen molar-refractivity contribution in [3.63, 3.8) is 0 Å². The Labute approximate surface area is 149 Å². The third-order valence-electron chi connectivity index (χ3n) is 3.97. The molecule has 0 radical (unpaired) electrons. The topological polar surface area (TPSA) is 61.5 Å². The van der Waals surface area contributed by atoms with E-state index in [-0.39, 0.29) is 11.2 Å². The van der Waals surface area contributed by atoms with Gasteiger partial charge in [0.1, 0.15) is 11.5 Å². The van der Waals surface area contributed by atoms with Gasteiger partial charge in [-0.3, -0.25) is 4.79 Å². The van der Waals surface area contributed by atoms with Crippen LogP contribution < -0.4 is 15.2 Å². The van der Waals surface area contributed by atoms with Crippen LogP contribution in [0.3, 0.4) is 0 Å². The van der Waals surface area contributed by atoms with E-state index in [9.17, 15) is 4.79 Å². The van der Waals surface area contributed by atoms with E-state index in [1.807, 2.05) is 12.1 Å². The minimum Gasteiger partial charge on any atom is -0.496 e. The highest BCUT2D eigenvalue weighted by Crippen LogP contribution is 2.37. The molecular formula is C21H25NO3. The molecule has 0 heterocycles. The number of hydrogen-bond donors (Lipinski definition) is 1. The Balaban J connectivity index is 2.40. The molecule has 2 N–H and O–H groups in total. The Morgan fingerprint density at radius 2 is 1.60 bits per heavy atom. The molecule has 2 rings (SSSR count).